The molecule has 1 heterocycles. The number of aryl methyl sites for hydroxylation is 1. The summed E-state index contributed by atoms with van der Waals surface area (Å²) in [5, 5.41) is 4.99. The molecular weight excluding hydrogens is 293 g/mol. The van der Waals surface area contributed by atoms with E-state index in [1.807, 2.05) is 6.92 Å². The maximum Gasteiger partial charge on any atom is 0.265 e. The smallest absolute Gasteiger partial charge is 0.265 e. The Hall–Kier alpha value is -2.41. The fourth-order valence-corrected chi connectivity index (χ4v) is 2.53. The number of benzene rings is 1. The van der Waals surface area contributed by atoms with Crippen LogP contribution in [0.15, 0.2) is 24.3 Å². The third-order valence-electron chi connectivity index (χ3n) is 2.71. The molecule has 0 bridgehead atoms. The fraction of sp³-hybridized carbons (Fsp3) is 0.143. The van der Waals surface area contributed by atoms with Gasteiger partial charge in [0.2, 0.25) is 5.91 Å². The molecule has 1 aromatic carbocycles. The first-order chi connectivity index (χ1) is 9.86. The van der Waals surface area contributed by atoms with Crippen molar-refractivity contribution in [2.24, 2.45) is 0 Å². The summed E-state index contributed by atoms with van der Waals surface area (Å²) in [5.41, 5.74) is 6.66. The van der Waals surface area contributed by atoms with E-state index in [9.17, 15) is 14.0 Å². The van der Waals surface area contributed by atoms with Gasteiger partial charge in [-0.1, -0.05) is 0 Å². The molecule has 0 spiro atoms. The normalized spacial score (nSPS) is 10.2. The molecule has 0 aliphatic carbocycles. The predicted octanol–water partition coefficient (Wildman–Crippen LogP) is 2.99. The van der Waals surface area contributed by atoms with E-state index in [4.69, 9.17) is 5.73 Å². The van der Waals surface area contributed by atoms with Crippen LogP contribution in [0, 0.1) is 12.7 Å². The van der Waals surface area contributed by atoms with Gasteiger partial charge < -0.3 is 16.4 Å². The third-order valence-corrected chi connectivity index (χ3v) is 3.78. The van der Waals surface area contributed by atoms with Crippen LogP contribution >= 0.6 is 11.3 Å². The van der Waals surface area contributed by atoms with Crippen molar-refractivity contribution in [3.63, 3.8) is 0 Å². The lowest BCUT2D eigenvalue weighted by Crippen LogP contribution is -2.12. The van der Waals surface area contributed by atoms with Gasteiger partial charge in [-0.3, -0.25) is 9.59 Å². The quantitative estimate of drug-likeness (QED) is 0.815. The molecular formula is C14H14FN3O2S. The highest BCUT2D eigenvalue weighted by Gasteiger charge is 2.12. The zero-order chi connectivity index (χ0) is 15.6. The zero-order valence-electron chi connectivity index (χ0n) is 11.5. The maximum absolute atomic E-state index is 13.5. The Morgan fingerprint density at radius 1 is 1.24 bits per heavy atom. The summed E-state index contributed by atoms with van der Waals surface area (Å²) in [5.74, 6) is -1.29. The summed E-state index contributed by atoms with van der Waals surface area (Å²) in [7, 11) is 0. The minimum atomic E-state index is -0.570. The largest absolute Gasteiger partial charge is 0.398 e. The first-order valence-electron chi connectivity index (χ1n) is 6.11. The van der Waals surface area contributed by atoms with E-state index in [1.165, 1.54) is 36.5 Å². The molecule has 0 unspecified atom stereocenters. The van der Waals surface area contributed by atoms with Gasteiger partial charge in [-0.15, -0.1) is 11.3 Å². The Balaban J connectivity index is 2.19. The number of anilines is 3. The van der Waals surface area contributed by atoms with Crippen molar-refractivity contribution >= 4 is 40.2 Å². The second-order valence-electron chi connectivity index (χ2n) is 4.45. The molecule has 7 heteroatoms. The first-order valence-corrected chi connectivity index (χ1v) is 6.93. The molecule has 110 valence electrons. The van der Waals surface area contributed by atoms with Gasteiger partial charge in [-0.25, -0.2) is 4.39 Å². The molecule has 2 amide bonds. The van der Waals surface area contributed by atoms with Crippen LogP contribution < -0.4 is 16.4 Å². The minimum Gasteiger partial charge on any atom is -0.398 e. The van der Waals surface area contributed by atoms with Gasteiger partial charge in [0.05, 0.1) is 10.6 Å². The average Bonchev–Trinajstić information content (AvgIpc) is 2.73. The average molecular weight is 307 g/mol. The highest BCUT2D eigenvalue weighted by Crippen LogP contribution is 2.25. The van der Waals surface area contributed by atoms with Crippen LogP contribution in [-0.2, 0) is 4.79 Å². The summed E-state index contributed by atoms with van der Waals surface area (Å²) < 4.78 is 13.5. The van der Waals surface area contributed by atoms with E-state index in [-0.39, 0.29) is 17.5 Å². The molecule has 2 rings (SSSR count). The third kappa shape index (κ3) is 3.57. The number of amides is 2. The molecule has 4 N–H and O–H groups in total. The van der Waals surface area contributed by atoms with Crippen molar-refractivity contribution in [2.45, 2.75) is 13.8 Å². The SMILES string of the molecule is CC(=O)Nc1cc(NC(=O)c2cc(N)c(C)s2)ccc1F. The number of rotatable bonds is 3. The second-order valence-corrected chi connectivity index (χ2v) is 5.71. The predicted molar refractivity (Wildman–Crippen MR) is 82.1 cm³/mol. The molecule has 0 saturated heterocycles. The van der Waals surface area contributed by atoms with E-state index in [0.717, 1.165) is 4.88 Å². The lowest BCUT2D eigenvalue weighted by atomic mass is 10.2. The van der Waals surface area contributed by atoms with Crippen LogP contribution in [0.1, 0.15) is 21.5 Å². The van der Waals surface area contributed by atoms with Crippen LogP contribution in [0.3, 0.4) is 0 Å². The number of nitrogens with two attached hydrogens (primary N) is 1. The molecule has 0 atom stereocenters. The number of hydrogen-bond donors (Lipinski definition) is 3. The van der Waals surface area contributed by atoms with E-state index in [1.54, 1.807) is 6.07 Å². The fourth-order valence-electron chi connectivity index (χ4n) is 1.69. The van der Waals surface area contributed by atoms with Crippen molar-refractivity contribution in [1.29, 1.82) is 0 Å². The van der Waals surface area contributed by atoms with Crippen molar-refractivity contribution in [3.05, 3.63) is 39.8 Å². The summed E-state index contributed by atoms with van der Waals surface area (Å²) >= 11 is 1.28. The van der Waals surface area contributed by atoms with Crippen LogP contribution in [0.4, 0.5) is 21.5 Å². The van der Waals surface area contributed by atoms with Gasteiger partial charge in [-0.05, 0) is 31.2 Å². The Bertz CT molecular complexity index is 693. The highest BCUT2D eigenvalue weighted by atomic mass is 32.1. The Morgan fingerprint density at radius 2 is 1.95 bits per heavy atom. The van der Waals surface area contributed by atoms with Crippen molar-refractivity contribution < 1.29 is 14.0 Å². The van der Waals surface area contributed by atoms with E-state index in [2.05, 4.69) is 10.6 Å². The van der Waals surface area contributed by atoms with Gasteiger partial charge >= 0.3 is 0 Å². The van der Waals surface area contributed by atoms with Crippen molar-refractivity contribution in [1.82, 2.24) is 0 Å². The molecule has 5 nitrogen and oxygen atoms in total. The minimum absolute atomic E-state index is 0.0159. The van der Waals surface area contributed by atoms with E-state index < -0.39 is 5.82 Å². The number of nitrogen functional groups attached to an aromatic ring is 1. The molecule has 21 heavy (non-hydrogen) atoms. The molecule has 0 radical (unpaired) electrons. The van der Waals surface area contributed by atoms with Gasteiger partial charge in [0.25, 0.3) is 5.91 Å². The Labute approximate surface area is 125 Å². The standard InChI is InChI=1S/C14H14FN3O2S/c1-7-11(16)6-13(21-7)14(20)18-9-3-4-10(15)12(5-9)17-8(2)19/h3-6H,16H2,1-2H3,(H,17,19)(H,18,20). The van der Waals surface area contributed by atoms with E-state index >= 15 is 0 Å². The second kappa shape index (κ2) is 5.92. The summed E-state index contributed by atoms with van der Waals surface area (Å²) in [4.78, 5) is 24.4. The van der Waals surface area contributed by atoms with Gasteiger partial charge in [0, 0.05) is 23.2 Å². The monoisotopic (exact) mass is 307 g/mol. The van der Waals surface area contributed by atoms with E-state index in [0.29, 0.717) is 16.3 Å². The number of carbonyl (C=O) groups excluding carboxylic acids is 2. The Morgan fingerprint density at radius 3 is 2.52 bits per heavy atom. The van der Waals surface area contributed by atoms with Crippen LogP contribution in [-0.4, -0.2) is 11.8 Å². The van der Waals surface area contributed by atoms with Crippen LogP contribution in [0.5, 0.6) is 0 Å². The molecule has 0 saturated carbocycles. The number of carbonyl (C=O) groups is 2. The van der Waals surface area contributed by atoms with Gasteiger partial charge in [-0.2, -0.15) is 0 Å². The van der Waals surface area contributed by atoms with Crippen LogP contribution in [0.25, 0.3) is 0 Å². The lowest BCUT2D eigenvalue weighted by Gasteiger charge is -2.08. The molecule has 1 aromatic heterocycles. The van der Waals surface area contributed by atoms with Crippen molar-refractivity contribution in [2.75, 3.05) is 16.4 Å². The number of halogens is 1. The van der Waals surface area contributed by atoms with Gasteiger partial charge in [0.15, 0.2) is 0 Å². The number of thiophene rings is 1. The summed E-state index contributed by atoms with van der Waals surface area (Å²) in [6.45, 7) is 3.10. The molecule has 2 aromatic rings. The summed E-state index contributed by atoms with van der Waals surface area (Å²) in [6, 6.07) is 5.54. The first kappa shape index (κ1) is 15.0. The molecule has 0 fully saturated rings. The lowest BCUT2D eigenvalue weighted by molar-refractivity contribution is -0.114. The van der Waals surface area contributed by atoms with Crippen molar-refractivity contribution in [3.8, 4) is 0 Å². The van der Waals surface area contributed by atoms with Gasteiger partial charge in [0.1, 0.15) is 5.82 Å². The number of nitrogens with one attached hydrogen (secondary N) is 2. The molecule has 0 aliphatic rings. The Kier molecular flexibility index (Phi) is 4.23. The zero-order valence-corrected chi connectivity index (χ0v) is 12.3. The number of hydrogen-bond acceptors (Lipinski definition) is 4. The molecule has 0 aliphatic heterocycles. The highest BCUT2D eigenvalue weighted by molar-refractivity contribution is 7.14. The van der Waals surface area contributed by atoms with Crippen LogP contribution in [0.2, 0.25) is 0 Å². The maximum atomic E-state index is 13.5. The summed E-state index contributed by atoms with van der Waals surface area (Å²) in [6.07, 6.45) is 0. The topological polar surface area (TPSA) is 84.2 Å².